The van der Waals surface area contributed by atoms with Gasteiger partial charge in [0, 0.05) is 24.4 Å². The first kappa shape index (κ1) is 36.6. The number of carbonyl (C=O) groups excluding carboxylic acids is 5. The van der Waals surface area contributed by atoms with Crippen LogP contribution < -0.4 is 21.0 Å². The molecular formula is C38H46FN5O8. The van der Waals surface area contributed by atoms with E-state index in [2.05, 4.69) is 16.1 Å². The summed E-state index contributed by atoms with van der Waals surface area (Å²) in [5.41, 5.74) is 1.41. The Balaban J connectivity index is 1.23. The van der Waals surface area contributed by atoms with E-state index < -0.39 is 65.1 Å². The Morgan fingerprint density at radius 1 is 1.00 bits per heavy atom. The van der Waals surface area contributed by atoms with Crippen LogP contribution in [0, 0.1) is 11.7 Å². The molecule has 1 aliphatic carbocycles. The molecule has 2 aromatic rings. The third kappa shape index (κ3) is 8.48. The summed E-state index contributed by atoms with van der Waals surface area (Å²) in [6.07, 6.45) is 5.01. The number of hydrogen-bond acceptors (Lipinski definition) is 8. The highest BCUT2D eigenvalue weighted by Gasteiger charge is 2.61. The van der Waals surface area contributed by atoms with Gasteiger partial charge in [0.1, 0.15) is 35.1 Å². The summed E-state index contributed by atoms with van der Waals surface area (Å²) in [7, 11) is 0. The predicted octanol–water partition coefficient (Wildman–Crippen LogP) is 4.65. The van der Waals surface area contributed by atoms with Crippen LogP contribution in [-0.2, 0) is 36.9 Å². The first-order chi connectivity index (χ1) is 24.8. The number of nitrogens with zero attached hydrogens (tertiary/aromatic N) is 2. The lowest BCUT2D eigenvalue weighted by Crippen LogP contribution is -2.58. The number of fused-ring (bicyclic) bond motifs is 3. The molecule has 3 aliphatic heterocycles. The number of halogens is 1. The first-order valence-corrected chi connectivity index (χ1v) is 17.9. The van der Waals surface area contributed by atoms with Crippen LogP contribution in [0.5, 0.6) is 5.75 Å². The SMILES string of the molecule is CC(C)(C)OC(=O)N[C@H]1CCCCCC=C[C@@H]2C[C@@]2(C(=O)NOc2ccccc2)NC(=O)[C@@H]2C[C@@H](OC(=O)N3Cc4cccc(F)c4C3)CN2C1=O. The van der Waals surface area contributed by atoms with Crippen LogP contribution >= 0.6 is 0 Å². The number of hydroxylamine groups is 1. The number of nitrogens with one attached hydrogen (secondary N) is 3. The Bertz CT molecular complexity index is 1710. The number of alkyl carbamates (subject to hydrolysis) is 1. The predicted molar refractivity (Wildman–Crippen MR) is 186 cm³/mol. The molecule has 2 aromatic carbocycles. The minimum Gasteiger partial charge on any atom is -0.444 e. The molecule has 2 fully saturated rings. The molecule has 278 valence electrons. The molecule has 3 N–H and O–H groups in total. The van der Waals surface area contributed by atoms with Gasteiger partial charge in [-0.15, -0.1) is 0 Å². The summed E-state index contributed by atoms with van der Waals surface area (Å²) in [5, 5.41) is 5.62. The largest absolute Gasteiger partial charge is 0.444 e. The van der Waals surface area contributed by atoms with Crippen molar-refractivity contribution in [1.82, 2.24) is 25.9 Å². The monoisotopic (exact) mass is 719 g/mol. The highest BCUT2D eigenvalue weighted by molar-refractivity contribution is 5.98. The lowest BCUT2D eigenvalue weighted by atomic mass is 10.0. The maximum atomic E-state index is 14.4. The zero-order valence-corrected chi connectivity index (χ0v) is 29.7. The van der Waals surface area contributed by atoms with E-state index in [-0.39, 0.29) is 32.0 Å². The fraction of sp³-hybridized carbons (Fsp3) is 0.500. The van der Waals surface area contributed by atoms with Gasteiger partial charge in [0.15, 0.2) is 5.75 Å². The molecule has 5 amide bonds. The molecule has 52 heavy (non-hydrogen) atoms. The second-order valence-corrected chi connectivity index (χ2v) is 14.9. The summed E-state index contributed by atoms with van der Waals surface area (Å²) in [4.78, 5) is 76.7. The molecule has 1 saturated heterocycles. The summed E-state index contributed by atoms with van der Waals surface area (Å²) in [6, 6.07) is 11.2. The topological polar surface area (TPSA) is 156 Å². The highest BCUT2D eigenvalue weighted by atomic mass is 19.1. The molecular weight excluding hydrogens is 673 g/mol. The number of allylic oxidation sites excluding steroid dienone is 1. The van der Waals surface area contributed by atoms with Gasteiger partial charge in [0.2, 0.25) is 11.8 Å². The van der Waals surface area contributed by atoms with Gasteiger partial charge in [0.25, 0.3) is 5.91 Å². The molecule has 1 saturated carbocycles. The van der Waals surface area contributed by atoms with Gasteiger partial charge in [0.05, 0.1) is 13.1 Å². The van der Waals surface area contributed by atoms with E-state index in [0.29, 0.717) is 36.1 Å². The molecule has 14 heteroatoms. The minimum atomic E-state index is -1.34. The summed E-state index contributed by atoms with van der Waals surface area (Å²) >= 11 is 0. The smallest absolute Gasteiger partial charge is 0.410 e. The van der Waals surface area contributed by atoms with Crippen molar-refractivity contribution in [3.05, 3.63) is 77.6 Å². The van der Waals surface area contributed by atoms with Crippen LogP contribution in [0.3, 0.4) is 0 Å². The quantitative estimate of drug-likeness (QED) is 0.298. The molecule has 0 aromatic heterocycles. The second kappa shape index (κ2) is 15.2. The van der Waals surface area contributed by atoms with Crippen molar-refractivity contribution in [2.75, 3.05) is 6.54 Å². The van der Waals surface area contributed by atoms with Crippen molar-refractivity contribution >= 4 is 29.9 Å². The minimum absolute atomic E-state index is 0.0274. The molecule has 3 heterocycles. The summed E-state index contributed by atoms with van der Waals surface area (Å²) in [5.74, 6) is -2.02. The molecule has 0 radical (unpaired) electrons. The lowest BCUT2D eigenvalue weighted by molar-refractivity contribution is -0.142. The number of hydrogen-bond donors (Lipinski definition) is 3. The Kier molecular flexibility index (Phi) is 10.7. The van der Waals surface area contributed by atoms with E-state index in [1.54, 1.807) is 57.2 Å². The number of para-hydroxylation sites is 1. The van der Waals surface area contributed by atoms with Crippen molar-refractivity contribution in [3.63, 3.8) is 0 Å². The van der Waals surface area contributed by atoms with Crippen LogP contribution in [-0.4, -0.2) is 75.6 Å². The van der Waals surface area contributed by atoms with Crippen LogP contribution in [0.4, 0.5) is 14.0 Å². The number of benzene rings is 2. The highest BCUT2D eigenvalue weighted by Crippen LogP contribution is 2.45. The lowest BCUT2D eigenvalue weighted by Gasteiger charge is -2.30. The van der Waals surface area contributed by atoms with E-state index in [1.807, 2.05) is 18.2 Å². The second-order valence-electron chi connectivity index (χ2n) is 14.9. The van der Waals surface area contributed by atoms with Crippen molar-refractivity contribution in [2.45, 2.75) is 108 Å². The maximum absolute atomic E-state index is 14.4. The van der Waals surface area contributed by atoms with Gasteiger partial charge in [-0.25, -0.2) is 14.0 Å². The van der Waals surface area contributed by atoms with E-state index in [9.17, 15) is 28.4 Å². The molecule has 5 atom stereocenters. The van der Waals surface area contributed by atoms with Crippen molar-refractivity contribution in [2.24, 2.45) is 5.92 Å². The van der Waals surface area contributed by atoms with Gasteiger partial charge >= 0.3 is 12.2 Å². The van der Waals surface area contributed by atoms with Crippen molar-refractivity contribution in [3.8, 4) is 5.75 Å². The Hall–Kier alpha value is -5.14. The number of carbonyl (C=O) groups is 5. The molecule has 0 bridgehead atoms. The average molecular weight is 720 g/mol. The van der Waals surface area contributed by atoms with Gasteiger partial charge in [-0.1, -0.05) is 55.3 Å². The van der Waals surface area contributed by atoms with Gasteiger partial charge in [-0.2, -0.15) is 5.48 Å². The van der Waals surface area contributed by atoms with E-state index in [4.69, 9.17) is 14.3 Å². The normalized spacial score (nSPS) is 26.1. The number of rotatable bonds is 5. The molecule has 0 spiro atoms. The van der Waals surface area contributed by atoms with Crippen molar-refractivity contribution < 1.29 is 42.7 Å². The summed E-state index contributed by atoms with van der Waals surface area (Å²) < 4.78 is 25.7. The van der Waals surface area contributed by atoms with Crippen LogP contribution in [0.25, 0.3) is 0 Å². The van der Waals surface area contributed by atoms with Gasteiger partial charge in [-0.05, 0) is 70.2 Å². The van der Waals surface area contributed by atoms with E-state index in [1.165, 1.54) is 15.9 Å². The Morgan fingerprint density at radius 2 is 1.79 bits per heavy atom. The standard InChI is InChI=1S/C38H46FN5O8/c1-37(2,3)51-35(48)40-30-18-11-6-4-5-8-14-25-20-38(25,34(47)42-52-26-15-9-7-10-16-26)41-32(45)31-19-27(22-44(31)33(30)46)50-36(49)43-21-24-13-12-17-29(39)28(24)23-43/h7-10,12-17,25,27,30-31H,4-6,11,18-23H2,1-3H3,(H,40,48)(H,41,45)(H,42,47)/t25-,27-,30+,31+,38-/m1/s1. The average Bonchev–Trinajstić information content (AvgIpc) is 3.39. The Labute approximate surface area is 302 Å². The number of amides is 5. The zero-order valence-electron chi connectivity index (χ0n) is 29.7. The van der Waals surface area contributed by atoms with E-state index >= 15 is 0 Å². The Morgan fingerprint density at radius 3 is 2.54 bits per heavy atom. The zero-order chi connectivity index (χ0) is 37.0. The molecule has 6 rings (SSSR count). The van der Waals surface area contributed by atoms with E-state index in [0.717, 1.165) is 19.3 Å². The number of ether oxygens (including phenoxy) is 2. The molecule has 4 aliphatic rings. The van der Waals surface area contributed by atoms with Gasteiger partial charge < -0.3 is 29.8 Å². The fourth-order valence-electron chi connectivity index (χ4n) is 7.03. The maximum Gasteiger partial charge on any atom is 0.410 e. The van der Waals surface area contributed by atoms with Crippen molar-refractivity contribution in [1.29, 1.82) is 0 Å². The third-order valence-corrected chi connectivity index (χ3v) is 9.79. The van der Waals surface area contributed by atoms with Crippen LogP contribution in [0.15, 0.2) is 60.7 Å². The van der Waals surface area contributed by atoms with Crippen LogP contribution in [0.2, 0.25) is 0 Å². The fourth-order valence-corrected chi connectivity index (χ4v) is 7.03. The molecule has 13 nitrogen and oxygen atoms in total. The first-order valence-electron chi connectivity index (χ1n) is 17.9. The molecule has 0 unspecified atom stereocenters. The third-order valence-electron chi connectivity index (χ3n) is 9.79. The van der Waals surface area contributed by atoms with Crippen LogP contribution in [0.1, 0.15) is 76.8 Å². The van der Waals surface area contributed by atoms with Gasteiger partial charge in [-0.3, -0.25) is 19.3 Å². The summed E-state index contributed by atoms with van der Waals surface area (Å²) in [6.45, 7) is 5.20.